The van der Waals surface area contributed by atoms with Crippen LogP contribution in [0.25, 0.3) is 0 Å². The van der Waals surface area contributed by atoms with Gasteiger partial charge >= 0.3 is 0 Å². The monoisotopic (exact) mass is 362 g/mol. The fourth-order valence-corrected chi connectivity index (χ4v) is 4.20. The van der Waals surface area contributed by atoms with Gasteiger partial charge in [0.05, 0.1) is 0 Å². The third-order valence-corrected chi connectivity index (χ3v) is 5.87. The predicted octanol–water partition coefficient (Wildman–Crippen LogP) is 5.93. The molecule has 2 aromatic carbocycles. The maximum absolute atomic E-state index is 13.5. The van der Waals surface area contributed by atoms with Crippen molar-refractivity contribution < 1.29 is 9.59 Å². The summed E-state index contributed by atoms with van der Waals surface area (Å²) in [5.41, 5.74) is 1.84. The van der Waals surface area contributed by atoms with Crippen LogP contribution in [0.4, 0.5) is 0 Å². The highest BCUT2D eigenvalue weighted by molar-refractivity contribution is 5.91. The summed E-state index contributed by atoms with van der Waals surface area (Å²) in [6.07, 6.45) is 3.25. The van der Waals surface area contributed by atoms with Gasteiger partial charge in [0.25, 0.3) is 0 Å². The third kappa shape index (κ3) is 4.55. The van der Waals surface area contributed by atoms with Crippen LogP contribution in [-0.4, -0.2) is 11.6 Å². The SMILES string of the molecule is CC(C)(C)C(=O)C[C@H](c1ccccc1)[C@H]1CCC[C@@H](c2ccccc2)C1=O. The van der Waals surface area contributed by atoms with E-state index < -0.39 is 0 Å². The third-order valence-electron chi connectivity index (χ3n) is 5.87. The Bertz CT molecular complexity index is 771. The van der Waals surface area contributed by atoms with Crippen LogP contribution in [0.1, 0.15) is 69.4 Å². The van der Waals surface area contributed by atoms with Crippen LogP contribution in [0.2, 0.25) is 0 Å². The van der Waals surface area contributed by atoms with Gasteiger partial charge in [-0.1, -0.05) is 87.9 Å². The number of benzene rings is 2. The summed E-state index contributed by atoms with van der Waals surface area (Å²) in [6.45, 7) is 5.90. The minimum Gasteiger partial charge on any atom is -0.299 e. The molecule has 3 atom stereocenters. The van der Waals surface area contributed by atoms with Gasteiger partial charge in [-0.2, -0.15) is 0 Å². The van der Waals surface area contributed by atoms with E-state index in [2.05, 4.69) is 24.3 Å². The Morgan fingerprint density at radius 2 is 1.56 bits per heavy atom. The van der Waals surface area contributed by atoms with Gasteiger partial charge in [0.1, 0.15) is 11.6 Å². The van der Waals surface area contributed by atoms with Gasteiger partial charge in [-0.3, -0.25) is 9.59 Å². The molecule has 27 heavy (non-hydrogen) atoms. The zero-order chi connectivity index (χ0) is 19.4. The van der Waals surface area contributed by atoms with E-state index in [0.29, 0.717) is 12.2 Å². The van der Waals surface area contributed by atoms with Gasteiger partial charge in [0, 0.05) is 29.6 Å². The largest absolute Gasteiger partial charge is 0.299 e. The zero-order valence-corrected chi connectivity index (χ0v) is 16.7. The quantitative estimate of drug-likeness (QED) is 0.661. The van der Waals surface area contributed by atoms with Crippen LogP contribution in [0.15, 0.2) is 60.7 Å². The summed E-state index contributed by atoms with van der Waals surface area (Å²) in [6, 6.07) is 20.3. The first-order valence-electron chi connectivity index (χ1n) is 10.0. The molecule has 0 aromatic heterocycles. The lowest BCUT2D eigenvalue weighted by Crippen LogP contribution is -2.34. The molecule has 0 unspecified atom stereocenters. The van der Waals surface area contributed by atoms with Crippen LogP contribution in [0, 0.1) is 11.3 Å². The van der Waals surface area contributed by atoms with Crippen LogP contribution in [0.5, 0.6) is 0 Å². The fourth-order valence-electron chi connectivity index (χ4n) is 4.20. The Morgan fingerprint density at radius 3 is 2.15 bits per heavy atom. The first kappa shape index (κ1) is 19.5. The molecule has 0 saturated heterocycles. The van der Waals surface area contributed by atoms with Crippen LogP contribution in [-0.2, 0) is 9.59 Å². The highest BCUT2D eigenvalue weighted by Crippen LogP contribution is 2.42. The first-order chi connectivity index (χ1) is 12.9. The van der Waals surface area contributed by atoms with Crippen molar-refractivity contribution in [1.29, 1.82) is 0 Å². The molecule has 0 bridgehead atoms. The number of hydrogen-bond donors (Lipinski definition) is 0. The minimum atomic E-state index is -0.385. The molecule has 0 spiro atoms. The van der Waals surface area contributed by atoms with Crippen molar-refractivity contribution >= 4 is 11.6 Å². The van der Waals surface area contributed by atoms with Crippen molar-refractivity contribution in [3.05, 3.63) is 71.8 Å². The Labute approximate surface area is 163 Å². The number of carbonyl (C=O) groups excluding carboxylic acids is 2. The molecule has 1 aliphatic carbocycles. The van der Waals surface area contributed by atoms with Crippen LogP contribution in [0.3, 0.4) is 0 Å². The number of hydrogen-bond acceptors (Lipinski definition) is 2. The molecule has 0 N–H and O–H groups in total. The molecular weight excluding hydrogens is 332 g/mol. The summed E-state index contributed by atoms with van der Waals surface area (Å²) < 4.78 is 0. The minimum absolute atomic E-state index is 0.0306. The summed E-state index contributed by atoms with van der Waals surface area (Å²) >= 11 is 0. The molecule has 2 heteroatoms. The van der Waals surface area contributed by atoms with E-state index in [1.54, 1.807) is 0 Å². The van der Waals surface area contributed by atoms with Gasteiger partial charge in [-0.15, -0.1) is 0 Å². The number of ketones is 2. The summed E-state index contributed by atoms with van der Waals surface area (Å²) in [5.74, 6) is 0.379. The Morgan fingerprint density at radius 1 is 0.963 bits per heavy atom. The second-order valence-corrected chi connectivity index (χ2v) is 8.80. The summed E-state index contributed by atoms with van der Waals surface area (Å²) in [7, 11) is 0. The molecule has 0 amide bonds. The van der Waals surface area contributed by atoms with Gasteiger partial charge in [-0.25, -0.2) is 0 Å². The lowest BCUT2D eigenvalue weighted by molar-refractivity contribution is -0.129. The highest BCUT2D eigenvalue weighted by atomic mass is 16.1. The highest BCUT2D eigenvalue weighted by Gasteiger charge is 2.39. The average Bonchev–Trinajstić information content (AvgIpc) is 2.67. The molecule has 0 radical (unpaired) electrons. The molecule has 2 aromatic rings. The Hall–Kier alpha value is -2.22. The predicted molar refractivity (Wildman–Crippen MR) is 110 cm³/mol. The summed E-state index contributed by atoms with van der Waals surface area (Å²) in [4.78, 5) is 26.3. The lowest BCUT2D eigenvalue weighted by atomic mass is 9.67. The van der Waals surface area contributed by atoms with Crippen LogP contribution < -0.4 is 0 Å². The molecule has 3 rings (SSSR count). The van der Waals surface area contributed by atoms with Gasteiger partial charge in [0.15, 0.2) is 0 Å². The van der Waals surface area contributed by atoms with Crippen molar-refractivity contribution in [3.8, 4) is 0 Å². The van der Waals surface area contributed by atoms with Crippen molar-refractivity contribution in [1.82, 2.24) is 0 Å². The number of rotatable bonds is 5. The molecule has 1 saturated carbocycles. The van der Waals surface area contributed by atoms with E-state index >= 15 is 0 Å². The second-order valence-electron chi connectivity index (χ2n) is 8.80. The van der Waals surface area contributed by atoms with E-state index in [1.807, 2.05) is 57.2 Å². The zero-order valence-electron chi connectivity index (χ0n) is 16.7. The van der Waals surface area contributed by atoms with Crippen molar-refractivity contribution in [2.24, 2.45) is 11.3 Å². The Balaban J connectivity index is 1.91. The Kier molecular flexibility index (Phi) is 5.94. The van der Waals surface area contributed by atoms with Crippen LogP contribution >= 0.6 is 0 Å². The molecule has 0 aliphatic heterocycles. The molecule has 142 valence electrons. The normalized spacial score (nSPS) is 21.7. The van der Waals surface area contributed by atoms with Gasteiger partial charge in [-0.05, 0) is 24.0 Å². The number of Topliss-reactive ketones (excluding diaryl/α,β-unsaturated/α-hetero) is 2. The standard InChI is InChI=1S/C25H30O2/c1-25(2,3)23(26)17-22(19-13-8-5-9-14-19)21-16-10-15-20(24(21)27)18-11-6-4-7-12-18/h4-9,11-14,20-22H,10,15-17H2,1-3H3/t20-,21+,22+/m0/s1. The first-order valence-corrected chi connectivity index (χ1v) is 10.0. The van der Waals surface area contributed by atoms with E-state index in [-0.39, 0.29) is 29.0 Å². The lowest BCUT2D eigenvalue weighted by Gasteiger charge is -2.34. The molecule has 1 fully saturated rings. The molecular formula is C25H30O2. The molecule has 1 aliphatic rings. The smallest absolute Gasteiger partial charge is 0.144 e. The van der Waals surface area contributed by atoms with Gasteiger partial charge < -0.3 is 0 Å². The van der Waals surface area contributed by atoms with Crippen molar-refractivity contribution in [2.75, 3.05) is 0 Å². The fraction of sp³-hybridized carbons (Fsp3) is 0.440. The molecule has 0 heterocycles. The van der Waals surface area contributed by atoms with E-state index in [4.69, 9.17) is 0 Å². The maximum Gasteiger partial charge on any atom is 0.144 e. The maximum atomic E-state index is 13.5. The van der Waals surface area contributed by atoms with E-state index in [1.165, 1.54) is 0 Å². The average molecular weight is 363 g/mol. The van der Waals surface area contributed by atoms with E-state index in [9.17, 15) is 9.59 Å². The molecule has 2 nitrogen and oxygen atoms in total. The second kappa shape index (κ2) is 8.21. The van der Waals surface area contributed by atoms with Crippen molar-refractivity contribution in [2.45, 2.75) is 58.3 Å². The van der Waals surface area contributed by atoms with Crippen molar-refractivity contribution in [3.63, 3.8) is 0 Å². The topological polar surface area (TPSA) is 34.1 Å². The van der Waals surface area contributed by atoms with Gasteiger partial charge in [0.2, 0.25) is 0 Å². The number of carbonyl (C=O) groups is 2. The van der Waals surface area contributed by atoms with E-state index in [0.717, 1.165) is 30.4 Å². The summed E-state index contributed by atoms with van der Waals surface area (Å²) in [5, 5.41) is 0.